The summed E-state index contributed by atoms with van der Waals surface area (Å²) in [5.74, 6) is -0.306. The van der Waals surface area contributed by atoms with Crippen molar-refractivity contribution >= 4 is 16.7 Å². The number of fused-ring (bicyclic) bond motifs is 1. The summed E-state index contributed by atoms with van der Waals surface area (Å²) in [6.07, 6.45) is -4.40. The molecule has 2 rings (SSSR count). The van der Waals surface area contributed by atoms with E-state index in [0.717, 1.165) is 12.1 Å². The Morgan fingerprint density at radius 2 is 1.89 bits per heavy atom. The molecule has 3 nitrogen and oxygen atoms in total. The lowest BCUT2D eigenvalue weighted by Gasteiger charge is -2.09. The molecule has 0 atom stereocenters. The summed E-state index contributed by atoms with van der Waals surface area (Å²) in [5.41, 5.74) is -0.0609. The van der Waals surface area contributed by atoms with Gasteiger partial charge in [0.25, 0.3) is 0 Å². The van der Waals surface area contributed by atoms with Gasteiger partial charge in [0.1, 0.15) is 0 Å². The van der Waals surface area contributed by atoms with Crippen LogP contribution in [0.5, 0.6) is 0 Å². The van der Waals surface area contributed by atoms with Crippen LogP contribution in [0.3, 0.4) is 0 Å². The molecular formula is C12H9F3N2O. The van der Waals surface area contributed by atoms with Gasteiger partial charge < -0.3 is 0 Å². The van der Waals surface area contributed by atoms with E-state index in [1.807, 2.05) is 0 Å². The molecule has 0 N–H and O–H groups in total. The first-order chi connectivity index (χ1) is 8.29. The molecule has 0 unspecified atom stereocenters. The highest BCUT2D eigenvalue weighted by atomic mass is 19.4. The SMILES string of the molecule is CC(=O)c1nc(C)c2cc(C(F)(F)F)ccc2n1. The quantitative estimate of drug-likeness (QED) is 0.734. The highest BCUT2D eigenvalue weighted by Crippen LogP contribution is 2.31. The molecule has 0 aliphatic heterocycles. The summed E-state index contributed by atoms with van der Waals surface area (Å²) in [6, 6.07) is 3.19. The third-order valence-corrected chi connectivity index (χ3v) is 2.53. The summed E-state index contributed by atoms with van der Waals surface area (Å²) in [5, 5.41) is 0.301. The summed E-state index contributed by atoms with van der Waals surface area (Å²) < 4.78 is 37.7. The summed E-state index contributed by atoms with van der Waals surface area (Å²) in [6.45, 7) is 2.86. The van der Waals surface area contributed by atoms with Gasteiger partial charge in [-0.05, 0) is 25.1 Å². The second-order valence-corrected chi connectivity index (χ2v) is 3.92. The number of aromatic nitrogens is 2. The number of Topliss-reactive ketones (excluding diaryl/α,β-unsaturated/α-hetero) is 1. The van der Waals surface area contributed by atoms with Gasteiger partial charge in [-0.2, -0.15) is 13.2 Å². The first-order valence-electron chi connectivity index (χ1n) is 5.15. The van der Waals surface area contributed by atoms with E-state index in [1.165, 1.54) is 13.0 Å². The zero-order chi connectivity index (χ0) is 13.5. The maximum atomic E-state index is 12.6. The lowest BCUT2D eigenvalue weighted by molar-refractivity contribution is -0.137. The van der Waals surface area contributed by atoms with Crippen LogP contribution >= 0.6 is 0 Å². The van der Waals surface area contributed by atoms with Crippen molar-refractivity contribution in [1.29, 1.82) is 0 Å². The summed E-state index contributed by atoms with van der Waals surface area (Å²) in [4.78, 5) is 19.0. The third-order valence-electron chi connectivity index (χ3n) is 2.53. The van der Waals surface area contributed by atoms with E-state index < -0.39 is 11.7 Å². The topological polar surface area (TPSA) is 42.9 Å². The minimum Gasteiger partial charge on any atom is -0.291 e. The van der Waals surface area contributed by atoms with Crippen molar-refractivity contribution < 1.29 is 18.0 Å². The number of halogens is 3. The molecular weight excluding hydrogens is 245 g/mol. The molecule has 0 aliphatic carbocycles. The van der Waals surface area contributed by atoms with Gasteiger partial charge in [-0.15, -0.1) is 0 Å². The Hall–Kier alpha value is -1.98. The van der Waals surface area contributed by atoms with E-state index >= 15 is 0 Å². The van der Waals surface area contributed by atoms with Crippen LogP contribution in [-0.4, -0.2) is 15.8 Å². The fourth-order valence-corrected chi connectivity index (χ4v) is 1.62. The number of benzene rings is 1. The van der Waals surface area contributed by atoms with Crippen LogP contribution in [0.15, 0.2) is 18.2 Å². The highest BCUT2D eigenvalue weighted by molar-refractivity contribution is 5.93. The lowest BCUT2D eigenvalue weighted by atomic mass is 10.1. The third kappa shape index (κ3) is 2.18. The van der Waals surface area contributed by atoms with Crippen molar-refractivity contribution in [1.82, 2.24) is 9.97 Å². The van der Waals surface area contributed by atoms with Crippen LogP contribution in [0.25, 0.3) is 10.9 Å². The predicted octanol–water partition coefficient (Wildman–Crippen LogP) is 3.16. The Labute approximate surface area is 101 Å². The number of hydrogen-bond acceptors (Lipinski definition) is 3. The standard InChI is InChI=1S/C12H9F3N2O/c1-6-9-5-8(12(13,14)15)3-4-10(9)17-11(16-6)7(2)18/h3-5H,1-2H3. The molecule has 2 aromatic rings. The van der Waals surface area contributed by atoms with Crippen LogP contribution in [0.4, 0.5) is 13.2 Å². The molecule has 0 bridgehead atoms. The van der Waals surface area contributed by atoms with Crippen LogP contribution < -0.4 is 0 Å². The smallest absolute Gasteiger partial charge is 0.291 e. The number of rotatable bonds is 1. The molecule has 1 aromatic heterocycles. The first kappa shape index (κ1) is 12.5. The van der Waals surface area contributed by atoms with E-state index in [9.17, 15) is 18.0 Å². The number of ketones is 1. The summed E-state index contributed by atoms with van der Waals surface area (Å²) >= 11 is 0. The van der Waals surface area contributed by atoms with Gasteiger partial charge in [0, 0.05) is 18.0 Å². The molecule has 0 spiro atoms. The van der Waals surface area contributed by atoms with Crippen molar-refractivity contribution in [3.05, 3.63) is 35.3 Å². The maximum absolute atomic E-state index is 12.6. The average molecular weight is 254 g/mol. The zero-order valence-electron chi connectivity index (χ0n) is 9.67. The van der Waals surface area contributed by atoms with E-state index in [-0.39, 0.29) is 11.6 Å². The molecule has 1 heterocycles. The normalized spacial score (nSPS) is 11.8. The molecule has 94 valence electrons. The average Bonchev–Trinajstić information content (AvgIpc) is 2.27. The van der Waals surface area contributed by atoms with Gasteiger partial charge in [0.05, 0.1) is 11.1 Å². The molecule has 6 heteroatoms. The first-order valence-corrected chi connectivity index (χ1v) is 5.15. The van der Waals surface area contributed by atoms with Gasteiger partial charge in [0.2, 0.25) is 0 Å². The van der Waals surface area contributed by atoms with E-state index in [4.69, 9.17) is 0 Å². The molecule has 0 radical (unpaired) electrons. The lowest BCUT2D eigenvalue weighted by Crippen LogP contribution is -2.07. The van der Waals surface area contributed by atoms with Crippen LogP contribution in [0.1, 0.15) is 28.8 Å². The molecule has 0 aliphatic rings. The Morgan fingerprint density at radius 1 is 1.22 bits per heavy atom. The van der Waals surface area contributed by atoms with Crippen LogP contribution in [0.2, 0.25) is 0 Å². The molecule has 1 aromatic carbocycles. The van der Waals surface area contributed by atoms with Crippen molar-refractivity contribution in [3.8, 4) is 0 Å². The molecule has 0 saturated carbocycles. The van der Waals surface area contributed by atoms with Crippen molar-refractivity contribution in [3.63, 3.8) is 0 Å². The van der Waals surface area contributed by atoms with Gasteiger partial charge in [-0.25, -0.2) is 9.97 Å². The van der Waals surface area contributed by atoms with Crippen molar-refractivity contribution in [2.24, 2.45) is 0 Å². The van der Waals surface area contributed by atoms with Crippen molar-refractivity contribution in [2.45, 2.75) is 20.0 Å². The maximum Gasteiger partial charge on any atom is 0.416 e. The number of nitrogens with zero attached hydrogens (tertiary/aromatic N) is 2. The molecule has 0 saturated heterocycles. The fourth-order valence-electron chi connectivity index (χ4n) is 1.62. The van der Waals surface area contributed by atoms with Gasteiger partial charge >= 0.3 is 6.18 Å². The van der Waals surface area contributed by atoms with E-state index in [0.29, 0.717) is 16.6 Å². The van der Waals surface area contributed by atoms with Crippen LogP contribution in [-0.2, 0) is 6.18 Å². The number of aryl methyl sites for hydroxylation is 1. The molecule has 0 fully saturated rings. The Bertz CT molecular complexity index is 635. The van der Waals surface area contributed by atoms with Gasteiger partial charge in [-0.3, -0.25) is 4.79 Å². The highest BCUT2D eigenvalue weighted by Gasteiger charge is 2.30. The van der Waals surface area contributed by atoms with Crippen molar-refractivity contribution in [2.75, 3.05) is 0 Å². The number of alkyl halides is 3. The van der Waals surface area contributed by atoms with Gasteiger partial charge in [0.15, 0.2) is 11.6 Å². The monoisotopic (exact) mass is 254 g/mol. The number of carbonyl (C=O) groups is 1. The Morgan fingerprint density at radius 3 is 2.44 bits per heavy atom. The zero-order valence-corrected chi connectivity index (χ0v) is 9.67. The van der Waals surface area contributed by atoms with Crippen LogP contribution in [0, 0.1) is 6.92 Å². The fraction of sp³-hybridized carbons (Fsp3) is 0.250. The van der Waals surface area contributed by atoms with E-state index in [2.05, 4.69) is 9.97 Å². The number of hydrogen-bond donors (Lipinski definition) is 0. The molecule has 18 heavy (non-hydrogen) atoms. The van der Waals surface area contributed by atoms with E-state index in [1.54, 1.807) is 6.92 Å². The van der Waals surface area contributed by atoms with Gasteiger partial charge in [-0.1, -0.05) is 0 Å². The second kappa shape index (κ2) is 4.04. The number of carbonyl (C=O) groups excluding carboxylic acids is 1. The Balaban J connectivity index is 2.69. The second-order valence-electron chi connectivity index (χ2n) is 3.92. The largest absolute Gasteiger partial charge is 0.416 e. The predicted molar refractivity (Wildman–Crippen MR) is 59.3 cm³/mol. The minimum atomic E-state index is -4.40. The summed E-state index contributed by atoms with van der Waals surface area (Å²) in [7, 11) is 0. The minimum absolute atomic E-state index is 0.0137. The molecule has 0 amide bonds. The Kier molecular flexibility index (Phi) is 2.80.